The molecular weight excluding hydrogens is 747 g/mol. The van der Waals surface area contributed by atoms with Crippen molar-refractivity contribution in [3.05, 3.63) is 96.3 Å². The highest BCUT2D eigenvalue weighted by atomic mass is 16.3. The zero-order valence-corrected chi connectivity index (χ0v) is 34.3. The minimum absolute atomic E-state index is 0.0108. The largest absolute Gasteiger partial charge is 0.390 e. The smallest absolute Gasteiger partial charge is 0.252 e. The average molecular weight is 808 g/mol. The summed E-state index contributed by atoms with van der Waals surface area (Å²) in [6, 6.07) is 17.5. The van der Waals surface area contributed by atoms with E-state index in [1.165, 1.54) is 18.2 Å². The lowest BCUT2D eigenvalue weighted by molar-refractivity contribution is -0.152. The Balaban J connectivity index is 1.27. The van der Waals surface area contributed by atoms with Gasteiger partial charge in [-0.2, -0.15) is 0 Å². The zero-order chi connectivity index (χ0) is 41.7. The van der Waals surface area contributed by atoms with Crippen molar-refractivity contribution in [1.29, 1.82) is 0 Å². The van der Waals surface area contributed by atoms with Crippen molar-refractivity contribution < 1.29 is 29.4 Å². The van der Waals surface area contributed by atoms with Gasteiger partial charge in [-0.15, -0.1) is 0 Å². The number of imide groups is 1. The molecule has 2 aliphatic rings. The Labute approximate surface area is 347 Å². The summed E-state index contributed by atoms with van der Waals surface area (Å²) in [5, 5.41) is 27.6. The van der Waals surface area contributed by atoms with Crippen molar-refractivity contribution >= 4 is 34.4 Å². The maximum atomic E-state index is 15.0. The van der Waals surface area contributed by atoms with Gasteiger partial charge in [0.05, 0.1) is 24.5 Å². The molecule has 4 amide bonds. The van der Waals surface area contributed by atoms with Gasteiger partial charge in [-0.05, 0) is 98.2 Å². The van der Waals surface area contributed by atoms with Gasteiger partial charge in [-0.25, -0.2) is 4.98 Å². The number of benzene rings is 2. The van der Waals surface area contributed by atoms with E-state index in [1.54, 1.807) is 12.4 Å². The molecule has 6 rings (SSSR count). The molecule has 1 unspecified atom stereocenters. The van der Waals surface area contributed by atoms with Crippen LogP contribution in [-0.2, 0) is 38.4 Å². The Hall–Kier alpha value is -4.98. The van der Waals surface area contributed by atoms with Crippen molar-refractivity contribution in [2.45, 2.75) is 115 Å². The molecule has 2 aromatic carbocycles. The molecule has 13 nitrogen and oxygen atoms in total. The number of nitrogens with one attached hydrogen (secondary N) is 2. The maximum Gasteiger partial charge on any atom is 0.252 e. The Bertz CT molecular complexity index is 1960. The second-order valence-electron chi connectivity index (χ2n) is 16.6. The minimum atomic E-state index is -1.22. The molecule has 6 N–H and O–H groups in total. The highest BCUT2D eigenvalue weighted by Gasteiger charge is 2.41. The number of aliphatic hydroxyl groups excluding tert-OH is 2. The summed E-state index contributed by atoms with van der Waals surface area (Å²) in [7, 11) is 0. The van der Waals surface area contributed by atoms with Gasteiger partial charge in [0, 0.05) is 62.7 Å². The van der Waals surface area contributed by atoms with E-state index in [1.807, 2.05) is 65.6 Å². The molecule has 1 aliphatic heterocycles. The number of H-pyrrole nitrogens is 1. The highest BCUT2D eigenvalue weighted by molar-refractivity contribution is 5.99. The molecule has 2 aromatic heterocycles. The number of hydrogen-bond donors (Lipinski definition) is 5. The molecule has 2 fully saturated rings. The van der Waals surface area contributed by atoms with E-state index in [0.717, 1.165) is 67.0 Å². The molecular formula is C46H61N7O6. The minimum Gasteiger partial charge on any atom is -0.390 e. The van der Waals surface area contributed by atoms with Crippen LogP contribution in [0.2, 0.25) is 0 Å². The molecule has 0 spiro atoms. The first-order valence-corrected chi connectivity index (χ1v) is 21.4. The number of rotatable bonds is 18. The second-order valence-corrected chi connectivity index (χ2v) is 16.6. The molecule has 13 heteroatoms. The lowest BCUT2D eigenvalue weighted by atomic mass is 9.80. The van der Waals surface area contributed by atoms with Crippen molar-refractivity contribution in [2.75, 3.05) is 19.6 Å². The number of aryl methyl sites for hydroxylation is 1. The maximum absolute atomic E-state index is 15.0. The van der Waals surface area contributed by atoms with Crippen LogP contribution in [0, 0.1) is 17.8 Å². The molecule has 1 saturated carbocycles. The number of pyridine rings is 1. The first-order valence-electron chi connectivity index (χ1n) is 21.4. The summed E-state index contributed by atoms with van der Waals surface area (Å²) in [5.41, 5.74) is 8.20. The van der Waals surface area contributed by atoms with E-state index < -0.39 is 47.9 Å². The fourth-order valence-corrected chi connectivity index (χ4v) is 9.04. The van der Waals surface area contributed by atoms with E-state index in [0.29, 0.717) is 37.7 Å². The van der Waals surface area contributed by atoms with E-state index >= 15 is 0 Å². The predicted octanol–water partition coefficient (Wildman–Crippen LogP) is 4.50. The highest BCUT2D eigenvalue weighted by Crippen LogP contribution is 2.33. The van der Waals surface area contributed by atoms with Crippen molar-refractivity contribution in [2.24, 2.45) is 23.5 Å². The SMILES string of the molecule is CC(=O)N(C(=O)[C@H](Cc1cnc[nH]1)NC(=O)[C@@H](CC(=O)N1CCC(CN)CC1)Cc1cccc2ccccc12)C(C[C@@H](O)[C@@H](O)CCc1ccccn1)C1CCCCC1. The predicted molar refractivity (Wildman–Crippen MR) is 225 cm³/mol. The first kappa shape index (κ1) is 43.6. The molecule has 5 atom stereocenters. The Morgan fingerprint density at radius 1 is 0.932 bits per heavy atom. The fraction of sp³-hybridized carbons (Fsp3) is 0.522. The summed E-state index contributed by atoms with van der Waals surface area (Å²) in [5.74, 6) is -2.27. The van der Waals surface area contributed by atoms with Crippen LogP contribution in [0.3, 0.4) is 0 Å². The molecule has 316 valence electrons. The summed E-state index contributed by atoms with van der Waals surface area (Å²) < 4.78 is 0. The van der Waals surface area contributed by atoms with Gasteiger partial charge < -0.3 is 31.1 Å². The first-order chi connectivity index (χ1) is 28.6. The third kappa shape index (κ3) is 11.8. The van der Waals surface area contributed by atoms with E-state index in [2.05, 4.69) is 20.3 Å². The Kier molecular flexibility index (Phi) is 15.8. The third-order valence-corrected chi connectivity index (χ3v) is 12.5. The number of nitrogens with two attached hydrogens (primary N) is 1. The van der Waals surface area contributed by atoms with Crippen LogP contribution in [0.25, 0.3) is 10.8 Å². The van der Waals surface area contributed by atoms with Crippen LogP contribution < -0.4 is 11.1 Å². The van der Waals surface area contributed by atoms with Gasteiger partial charge in [0.2, 0.25) is 17.7 Å². The molecule has 1 saturated heterocycles. The average Bonchev–Trinajstić information content (AvgIpc) is 3.78. The third-order valence-electron chi connectivity index (χ3n) is 12.5. The number of carbonyl (C=O) groups is 4. The number of nitrogens with zero attached hydrogens (tertiary/aromatic N) is 4. The number of imidazole rings is 1. The second kappa shape index (κ2) is 21.3. The van der Waals surface area contributed by atoms with Crippen LogP contribution >= 0.6 is 0 Å². The van der Waals surface area contributed by atoms with Crippen LogP contribution in [0.5, 0.6) is 0 Å². The van der Waals surface area contributed by atoms with Gasteiger partial charge in [0.25, 0.3) is 5.91 Å². The number of likely N-dealkylation sites (tertiary alicyclic amines) is 1. The standard InChI is InChI=1S/C46H61N7O6/c1-31(54)53(41(34-11-3-2-4-12-34)27-43(56)42(55)18-17-37-15-7-8-21-49-37)46(59)40(26-38-29-48-30-50-38)51-45(58)36(25-44(57)52-22-19-32(28-47)20-23-52)24-35-14-9-13-33-10-5-6-16-39(33)35/h5-10,13-16,21,29-30,32,34,36,40-43,55-56H,2-4,11-12,17-20,22-28,47H2,1H3,(H,48,50)(H,51,58)/t36-,40+,41?,42+,43-/m1/s1. The Morgan fingerprint density at radius 2 is 1.68 bits per heavy atom. The van der Waals surface area contributed by atoms with Crippen LogP contribution in [-0.4, -0.2) is 103 Å². The van der Waals surface area contributed by atoms with Crippen molar-refractivity contribution in [3.63, 3.8) is 0 Å². The summed E-state index contributed by atoms with van der Waals surface area (Å²) in [6.45, 7) is 3.06. The summed E-state index contributed by atoms with van der Waals surface area (Å²) in [6.07, 6.45) is 9.34. The normalized spacial score (nSPS) is 17.8. The van der Waals surface area contributed by atoms with Crippen LogP contribution in [0.1, 0.15) is 88.1 Å². The number of aliphatic hydroxyl groups is 2. The van der Waals surface area contributed by atoms with E-state index in [9.17, 15) is 29.4 Å². The Morgan fingerprint density at radius 3 is 2.37 bits per heavy atom. The van der Waals surface area contributed by atoms with Gasteiger partial charge in [0.1, 0.15) is 6.04 Å². The molecule has 1 aliphatic carbocycles. The van der Waals surface area contributed by atoms with Crippen LogP contribution in [0.4, 0.5) is 0 Å². The zero-order valence-electron chi connectivity index (χ0n) is 34.3. The summed E-state index contributed by atoms with van der Waals surface area (Å²) >= 11 is 0. The van der Waals surface area contributed by atoms with E-state index in [4.69, 9.17) is 5.73 Å². The molecule has 4 aromatic rings. The lowest BCUT2D eigenvalue weighted by Gasteiger charge is -2.40. The summed E-state index contributed by atoms with van der Waals surface area (Å²) in [4.78, 5) is 71.9. The van der Waals surface area contributed by atoms with Gasteiger partial charge in [-0.1, -0.05) is 67.8 Å². The monoisotopic (exact) mass is 807 g/mol. The van der Waals surface area contributed by atoms with Gasteiger partial charge in [0.15, 0.2) is 0 Å². The number of amides is 4. The van der Waals surface area contributed by atoms with Gasteiger partial charge >= 0.3 is 0 Å². The number of hydrogen-bond acceptors (Lipinski definition) is 9. The fourth-order valence-electron chi connectivity index (χ4n) is 9.04. The molecule has 3 heterocycles. The topological polar surface area (TPSA) is 195 Å². The van der Waals surface area contributed by atoms with E-state index in [-0.39, 0.29) is 43.9 Å². The number of carbonyl (C=O) groups excluding carboxylic acids is 4. The quantitative estimate of drug-likeness (QED) is 0.0963. The van der Waals surface area contributed by atoms with Crippen LogP contribution in [0.15, 0.2) is 79.4 Å². The number of fused-ring (bicyclic) bond motifs is 1. The molecule has 0 radical (unpaired) electrons. The van der Waals surface area contributed by atoms with Gasteiger partial charge in [-0.3, -0.25) is 29.1 Å². The number of aromatic amines is 1. The number of aromatic nitrogens is 3. The molecule has 0 bridgehead atoms. The van der Waals surface area contributed by atoms with Crippen molar-refractivity contribution in [3.8, 4) is 0 Å². The lowest BCUT2D eigenvalue weighted by Crippen LogP contribution is -2.58. The van der Waals surface area contributed by atoms with Crippen molar-refractivity contribution in [1.82, 2.24) is 30.1 Å². The number of piperidine rings is 1. The molecule has 59 heavy (non-hydrogen) atoms.